The molecule has 14 nitrogen and oxygen atoms in total. The van der Waals surface area contributed by atoms with Crippen molar-refractivity contribution in [2.75, 3.05) is 26.7 Å². The highest BCUT2D eigenvalue weighted by molar-refractivity contribution is 5.80. The maximum atomic E-state index is 16.3. The van der Waals surface area contributed by atoms with E-state index >= 15 is 4.39 Å². The number of carbonyl (C=O) groups is 1. The molecule has 222 valence electrons. The lowest BCUT2D eigenvalue weighted by Crippen LogP contribution is -2.68. The van der Waals surface area contributed by atoms with Crippen molar-refractivity contribution >= 4 is 5.91 Å². The van der Waals surface area contributed by atoms with Gasteiger partial charge in [0.15, 0.2) is 18.8 Å². The zero-order chi connectivity index (χ0) is 28.1. The van der Waals surface area contributed by atoms with Crippen molar-refractivity contribution in [2.24, 2.45) is 22.9 Å². The normalized spacial score (nSPS) is 43.0. The summed E-state index contributed by atoms with van der Waals surface area (Å²) in [6.07, 6.45) is -10.6. The topological polar surface area (TPSA) is 242 Å². The molecule has 12 N–H and O–H groups in total. The van der Waals surface area contributed by atoms with Crippen LogP contribution in [0.5, 0.6) is 0 Å². The molecular weight excluding hydrogens is 509 g/mol. The predicted molar refractivity (Wildman–Crippen MR) is 131 cm³/mol. The molecule has 2 unspecified atom stereocenters. The lowest BCUT2D eigenvalue weighted by Gasteiger charge is -2.49. The minimum absolute atomic E-state index is 0.00500. The van der Waals surface area contributed by atoms with Gasteiger partial charge in [-0.2, -0.15) is 0 Å². The van der Waals surface area contributed by atoms with Gasteiger partial charge in [-0.25, -0.2) is 4.39 Å². The van der Waals surface area contributed by atoms with E-state index in [1.807, 2.05) is 0 Å². The van der Waals surface area contributed by atoms with E-state index in [-0.39, 0.29) is 32.0 Å². The number of rotatable bonds is 10. The number of hydrogen-bond acceptors (Lipinski definition) is 13. The third-order valence-electron chi connectivity index (χ3n) is 7.62. The summed E-state index contributed by atoms with van der Waals surface area (Å²) in [5, 5.41) is 40.5. The molecule has 1 amide bonds. The molecule has 0 bridgehead atoms. The van der Waals surface area contributed by atoms with Gasteiger partial charge in [0, 0.05) is 19.6 Å². The van der Waals surface area contributed by atoms with Gasteiger partial charge in [0.25, 0.3) is 5.91 Å². The van der Waals surface area contributed by atoms with Crippen LogP contribution in [0.4, 0.5) is 4.39 Å². The summed E-state index contributed by atoms with van der Waals surface area (Å²) in [6.45, 7) is -0.282. The maximum Gasteiger partial charge on any atom is 0.251 e. The van der Waals surface area contributed by atoms with Crippen LogP contribution in [-0.4, -0.2) is 138 Å². The third-order valence-corrected chi connectivity index (χ3v) is 7.62. The van der Waals surface area contributed by atoms with Gasteiger partial charge in [-0.3, -0.25) is 4.79 Å². The number of aliphatic hydroxyl groups excluding tert-OH is 4. The highest BCUT2D eigenvalue weighted by Gasteiger charge is 2.52. The van der Waals surface area contributed by atoms with E-state index in [2.05, 4.69) is 0 Å². The van der Waals surface area contributed by atoms with Gasteiger partial charge in [0.2, 0.25) is 0 Å². The van der Waals surface area contributed by atoms with E-state index in [0.29, 0.717) is 6.42 Å². The Kier molecular flexibility index (Phi) is 11.6. The molecule has 13 atom stereocenters. The number of nitrogens with two attached hydrogens (primary N) is 4. The van der Waals surface area contributed by atoms with Crippen LogP contribution in [-0.2, 0) is 23.7 Å². The third kappa shape index (κ3) is 6.97. The van der Waals surface area contributed by atoms with Crippen LogP contribution in [0.15, 0.2) is 0 Å². The Hall–Kier alpha value is -1.08. The quantitative estimate of drug-likeness (QED) is 0.129. The Morgan fingerprint density at radius 3 is 2.47 bits per heavy atom. The number of alkyl halides is 1. The summed E-state index contributed by atoms with van der Waals surface area (Å²) < 4.78 is 39.4. The molecule has 3 fully saturated rings. The number of nitrogens with zero attached hydrogens (tertiary/aromatic N) is 1. The second-order valence-corrected chi connectivity index (χ2v) is 10.3. The molecule has 2 saturated heterocycles. The highest BCUT2D eigenvalue weighted by Crippen LogP contribution is 2.34. The zero-order valence-electron chi connectivity index (χ0n) is 21.6. The monoisotopic (exact) mass is 553 g/mol. The van der Waals surface area contributed by atoms with Crippen molar-refractivity contribution in [1.29, 1.82) is 0 Å². The molecule has 1 aliphatic carbocycles. The average Bonchev–Trinajstić information content (AvgIpc) is 2.91. The average molecular weight is 554 g/mol. The molecule has 2 heterocycles. The predicted octanol–water partition coefficient (Wildman–Crippen LogP) is -4.02. The van der Waals surface area contributed by atoms with Crippen molar-refractivity contribution < 1.29 is 48.6 Å². The molecule has 3 rings (SSSR count). The number of aliphatic hydroxyl groups is 4. The summed E-state index contributed by atoms with van der Waals surface area (Å²) in [4.78, 5) is 14.0. The molecule has 0 spiro atoms. The van der Waals surface area contributed by atoms with Crippen LogP contribution in [0, 0.1) is 0 Å². The van der Waals surface area contributed by atoms with Crippen molar-refractivity contribution in [3.05, 3.63) is 0 Å². The number of amides is 1. The number of ether oxygens (including phenoxy) is 4. The van der Waals surface area contributed by atoms with Gasteiger partial charge in [0.05, 0.1) is 24.8 Å². The van der Waals surface area contributed by atoms with Gasteiger partial charge in [-0.1, -0.05) is 0 Å². The van der Waals surface area contributed by atoms with E-state index < -0.39 is 86.0 Å². The molecule has 0 aromatic rings. The first-order valence-corrected chi connectivity index (χ1v) is 13.1. The Morgan fingerprint density at radius 1 is 1.13 bits per heavy atom. The molecule has 0 aromatic carbocycles. The SMILES string of the molecule is CN(C(=O)[C@@H](O)CCN)[C@@H]1C[C@H](N)[C@@H](OC2CCC[C@@H](CN)O2)[C@@H](F)C1O[C@@H]1O[C@H](CO)[C@@H](O)[C@H](N)[C@H]1O. The van der Waals surface area contributed by atoms with E-state index in [1.165, 1.54) is 7.05 Å². The lowest BCUT2D eigenvalue weighted by molar-refractivity contribution is -0.311. The molecule has 1 saturated carbocycles. The van der Waals surface area contributed by atoms with Crippen LogP contribution in [0.3, 0.4) is 0 Å². The first kappa shape index (κ1) is 31.4. The molecule has 2 aliphatic heterocycles. The second-order valence-electron chi connectivity index (χ2n) is 10.3. The van der Waals surface area contributed by atoms with E-state index in [4.69, 9.17) is 41.9 Å². The number of halogens is 1. The van der Waals surface area contributed by atoms with Gasteiger partial charge in [0.1, 0.15) is 36.6 Å². The second kappa shape index (κ2) is 14.0. The lowest BCUT2D eigenvalue weighted by atomic mass is 9.83. The van der Waals surface area contributed by atoms with E-state index in [9.17, 15) is 25.2 Å². The van der Waals surface area contributed by atoms with Gasteiger partial charge >= 0.3 is 0 Å². The highest BCUT2D eigenvalue weighted by atomic mass is 19.1. The minimum atomic E-state index is -1.93. The fraction of sp³-hybridized carbons (Fsp3) is 0.957. The molecule has 15 heteroatoms. The van der Waals surface area contributed by atoms with Gasteiger partial charge < -0.3 is 67.2 Å². The van der Waals surface area contributed by atoms with E-state index in [0.717, 1.165) is 17.7 Å². The molecule has 0 radical (unpaired) electrons. The van der Waals surface area contributed by atoms with Gasteiger partial charge in [-0.05, 0) is 38.6 Å². The summed E-state index contributed by atoms with van der Waals surface area (Å²) in [5.41, 5.74) is 23.4. The molecular formula is C23H44FN5O9. The van der Waals surface area contributed by atoms with Crippen LogP contribution >= 0.6 is 0 Å². The fourth-order valence-electron chi connectivity index (χ4n) is 5.28. The maximum absolute atomic E-state index is 16.3. The Bertz CT molecular complexity index is 758. The largest absolute Gasteiger partial charge is 0.394 e. The number of hydrogen-bond donors (Lipinski definition) is 8. The van der Waals surface area contributed by atoms with E-state index in [1.54, 1.807) is 0 Å². The minimum Gasteiger partial charge on any atom is -0.394 e. The Morgan fingerprint density at radius 2 is 1.84 bits per heavy atom. The smallest absolute Gasteiger partial charge is 0.251 e. The van der Waals surface area contributed by atoms with Crippen molar-refractivity contribution in [3.8, 4) is 0 Å². The van der Waals surface area contributed by atoms with Crippen molar-refractivity contribution in [1.82, 2.24) is 4.90 Å². The molecule has 0 aromatic heterocycles. The zero-order valence-corrected chi connectivity index (χ0v) is 21.6. The molecule has 38 heavy (non-hydrogen) atoms. The first-order valence-electron chi connectivity index (χ1n) is 13.1. The summed E-state index contributed by atoms with van der Waals surface area (Å²) in [5.74, 6) is -0.709. The first-order chi connectivity index (χ1) is 18.0. The van der Waals surface area contributed by atoms with Crippen LogP contribution in [0.25, 0.3) is 0 Å². The Balaban J connectivity index is 1.85. The van der Waals surface area contributed by atoms with Crippen molar-refractivity contribution in [2.45, 2.75) is 112 Å². The standard InChI is InChI=1S/C23H44FN5O9/c1-29(22(34)13(31)5-6-25)12-7-11(27)20(37-15-4-2-3-10(8-26)35-15)16(24)21(12)38-23-19(33)17(28)18(32)14(9-30)36-23/h10-21,23,30-33H,2-9,25-28H2,1H3/t10-,11-,12+,13-,14+,15?,16+,17-,18+,19+,20+,21?,23-/m0/s1. The Labute approximate surface area is 221 Å². The number of likely N-dealkylation sites (N-methyl/N-ethyl adjacent to an activating group) is 1. The van der Waals surface area contributed by atoms with Crippen LogP contribution < -0.4 is 22.9 Å². The fourth-order valence-corrected chi connectivity index (χ4v) is 5.28. The molecule has 3 aliphatic rings. The number of carbonyl (C=O) groups excluding carboxylic acids is 1. The summed E-state index contributed by atoms with van der Waals surface area (Å²) >= 11 is 0. The van der Waals surface area contributed by atoms with Crippen LogP contribution in [0.1, 0.15) is 32.1 Å². The summed E-state index contributed by atoms with van der Waals surface area (Å²) in [7, 11) is 1.38. The summed E-state index contributed by atoms with van der Waals surface area (Å²) in [6, 6.07) is -3.14. The van der Waals surface area contributed by atoms with Crippen LogP contribution in [0.2, 0.25) is 0 Å². The van der Waals surface area contributed by atoms with Gasteiger partial charge in [-0.15, -0.1) is 0 Å². The van der Waals surface area contributed by atoms with Crippen molar-refractivity contribution in [3.63, 3.8) is 0 Å².